The Labute approximate surface area is 194 Å². The number of aromatic nitrogens is 2. The summed E-state index contributed by atoms with van der Waals surface area (Å²) in [7, 11) is 0. The number of anilines is 1. The summed E-state index contributed by atoms with van der Waals surface area (Å²) in [6.45, 7) is -1.43. The minimum Gasteiger partial charge on any atom is -0.439 e. The summed E-state index contributed by atoms with van der Waals surface area (Å²) < 4.78 is 100. The van der Waals surface area contributed by atoms with Crippen LogP contribution in [0.3, 0.4) is 0 Å². The Bertz CT molecular complexity index is 1100. The molecule has 0 saturated carbocycles. The fourth-order valence-electron chi connectivity index (χ4n) is 2.81. The predicted molar refractivity (Wildman–Crippen MR) is 110 cm³/mol. The maximum Gasteiger partial charge on any atom is 0.461 e. The number of aliphatic hydroxyl groups is 1. The van der Waals surface area contributed by atoms with Crippen LogP contribution in [0.1, 0.15) is 5.56 Å². The third kappa shape index (κ3) is 7.44. The Morgan fingerprint density at radius 3 is 2.26 bits per heavy atom. The van der Waals surface area contributed by atoms with E-state index in [1.54, 1.807) is 30.3 Å². The molecular formula is C22H18F7N3O3. The van der Waals surface area contributed by atoms with Crippen molar-refractivity contribution in [3.05, 3.63) is 72.4 Å². The SMILES string of the molecule is O[C@H](CN(Cc1cccc(OC(F)(F)C(F)F)c1)c1nccc(Oc2ccccc2)n1)C(F)(F)F. The second kappa shape index (κ2) is 10.8. The molecule has 3 aromatic rings. The molecule has 35 heavy (non-hydrogen) atoms. The number of hydrogen-bond acceptors (Lipinski definition) is 6. The molecular weight excluding hydrogens is 487 g/mol. The Morgan fingerprint density at radius 2 is 1.60 bits per heavy atom. The summed E-state index contributed by atoms with van der Waals surface area (Å²) >= 11 is 0. The Hall–Kier alpha value is -3.61. The lowest BCUT2D eigenvalue weighted by molar-refractivity contribution is -0.253. The van der Waals surface area contributed by atoms with Crippen molar-refractivity contribution < 1.29 is 45.3 Å². The van der Waals surface area contributed by atoms with Crippen molar-refractivity contribution in [3.8, 4) is 17.4 Å². The minimum atomic E-state index is -4.97. The molecule has 0 amide bonds. The second-order valence-electron chi connectivity index (χ2n) is 7.16. The number of alkyl halides is 7. The van der Waals surface area contributed by atoms with Crippen molar-refractivity contribution in [2.75, 3.05) is 11.4 Å². The topological polar surface area (TPSA) is 67.7 Å². The third-order valence-electron chi connectivity index (χ3n) is 4.42. The van der Waals surface area contributed by atoms with Crippen LogP contribution in [0.15, 0.2) is 66.9 Å². The Kier molecular flexibility index (Phi) is 7.99. The molecule has 0 radical (unpaired) electrons. The smallest absolute Gasteiger partial charge is 0.439 e. The van der Waals surface area contributed by atoms with Crippen LogP contribution in [0.25, 0.3) is 0 Å². The van der Waals surface area contributed by atoms with Crippen molar-refractivity contribution in [1.82, 2.24) is 9.97 Å². The van der Waals surface area contributed by atoms with E-state index < -0.39 is 43.7 Å². The molecule has 0 bridgehead atoms. The maximum absolute atomic E-state index is 13.2. The quantitative estimate of drug-likeness (QED) is 0.371. The molecule has 3 rings (SSSR count). The van der Waals surface area contributed by atoms with Gasteiger partial charge in [-0.05, 0) is 29.8 Å². The third-order valence-corrected chi connectivity index (χ3v) is 4.42. The molecule has 188 valence electrons. The average Bonchev–Trinajstić information content (AvgIpc) is 2.79. The molecule has 1 N–H and O–H groups in total. The van der Waals surface area contributed by atoms with Crippen LogP contribution in [0.5, 0.6) is 17.4 Å². The highest BCUT2D eigenvalue weighted by Crippen LogP contribution is 2.29. The van der Waals surface area contributed by atoms with E-state index in [1.165, 1.54) is 24.4 Å². The van der Waals surface area contributed by atoms with Crippen LogP contribution in [-0.2, 0) is 6.54 Å². The molecule has 0 fully saturated rings. The molecule has 0 aliphatic carbocycles. The monoisotopic (exact) mass is 505 g/mol. The van der Waals surface area contributed by atoms with Gasteiger partial charge >= 0.3 is 18.7 Å². The van der Waals surface area contributed by atoms with E-state index in [2.05, 4.69) is 14.7 Å². The van der Waals surface area contributed by atoms with Crippen LogP contribution < -0.4 is 14.4 Å². The van der Waals surface area contributed by atoms with Gasteiger partial charge in [-0.1, -0.05) is 30.3 Å². The largest absolute Gasteiger partial charge is 0.461 e. The summed E-state index contributed by atoms with van der Waals surface area (Å²) in [5.41, 5.74) is 0.0971. The molecule has 1 heterocycles. The fraction of sp³-hybridized carbons (Fsp3) is 0.273. The number of halogens is 7. The van der Waals surface area contributed by atoms with Gasteiger partial charge in [0.25, 0.3) is 0 Å². The zero-order valence-corrected chi connectivity index (χ0v) is 17.7. The number of ether oxygens (including phenoxy) is 2. The van der Waals surface area contributed by atoms with Gasteiger partial charge in [0.1, 0.15) is 11.5 Å². The van der Waals surface area contributed by atoms with Crippen molar-refractivity contribution >= 4 is 5.95 Å². The number of nitrogens with zero attached hydrogens (tertiary/aromatic N) is 3. The highest BCUT2D eigenvalue weighted by molar-refractivity contribution is 5.38. The molecule has 1 aromatic heterocycles. The van der Waals surface area contributed by atoms with Crippen LogP contribution in [0, 0.1) is 0 Å². The van der Waals surface area contributed by atoms with Crippen LogP contribution in [0.2, 0.25) is 0 Å². The van der Waals surface area contributed by atoms with Gasteiger partial charge in [-0.25, -0.2) is 4.98 Å². The fourth-order valence-corrected chi connectivity index (χ4v) is 2.81. The summed E-state index contributed by atoms with van der Waals surface area (Å²) in [4.78, 5) is 8.92. The summed E-state index contributed by atoms with van der Waals surface area (Å²) in [5.74, 6) is -0.526. The lowest BCUT2D eigenvalue weighted by Crippen LogP contribution is -2.41. The molecule has 0 spiro atoms. The van der Waals surface area contributed by atoms with Crippen molar-refractivity contribution in [3.63, 3.8) is 0 Å². The van der Waals surface area contributed by atoms with Gasteiger partial charge in [0.2, 0.25) is 11.8 Å². The minimum absolute atomic E-state index is 0.0126. The van der Waals surface area contributed by atoms with Crippen molar-refractivity contribution in [1.29, 1.82) is 0 Å². The zero-order valence-electron chi connectivity index (χ0n) is 17.7. The van der Waals surface area contributed by atoms with Crippen molar-refractivity contribution in [2.24, 2.45) is 0 Å². The van der Waals surface area contributed by atoms with E-state index in [1.807, 2.05) is 0 Å². The van der Waals surface area contributed by atoms with E-state index in [0.717, 1.165) is 17.0 Å². The normalized spacial score (nSPS) is 12.9. The van der Waals surface area contributed by atoms with E-state index >= 15 is 0 Å². The first-order valence-electron chi connectivity index (χ1n) is 9.93. The second-order valence-corrected chi connectivity index (χ2v) is 7.16. The first-order valence-corrected chi connectivity index (χ1v) is 9.93. The van der Waals surface area contributed by atoms with Gasteiger partial charge in [-0.15, -0.1) is 0 Å². The van der Waals surface area contributed by atoms with Crippen molar-refractivity contribution in [2.45, 2.75) is 31.4 Å². The van der Waals surface area contributed by atoms with Gasteiger partial charge in [0, 0.05) is 18.8 Å². The van der Waals surface area contributed by atoms with Gasteiger partial charge in [0.15, 0.2) is 6.10 Å². The molecule has 13 heteroatoms. The maximum atomic E-state index is 13.2. The average molecular weight is 505 g/mol. The molecule has 6 nitrogen and oxygen atoms in total. The number of aliphatic hydroxyl groups excluding tert-OH is 1. The highest BCUT2D eigenvalue weighted by atomic mass is 19.4. The molecule has 0 aliphatic heterocycles. The van der Waals surface area contributed by atoms with Gasteiger partial charge < -0.3 is 19.5 Å². The Morgan fingerprint density at radius 1 is 0.914 bits per heavy atom. The molecule has 0 saturated heterocycles. The standard InChI is InChI=1S/C22H18F7N3O3/c23-19(24)22(28,29)35-16-8-4-5-14(11-16)12-32(13-17(33)21(25,26)27)20-30-10-9-18(31-20)34-15-6-2-1-3-7-15/h1-11,17,19,33H,12-13H2/t17-/m1/s1. The first-order chi connectivity index (χ1) is 16.4. The van der Waals surface area contributed by atoms with E-state index in [4.69, 9.17) is 4.74 Å². The number of rotatable bonds is 10. The zero-order chi connectivity index (χ0) is 25.6. The summed E-state index contributed by atoms with van der Waals surface area (Å²) in [5, 5.41) is 9.61. The highest BCUT2D eigenvalue weighted by Gasteiger charge is 2.44. The lowest BCUT2D eigenvalue weighted by atomic mass is 10.2. The number of para-hydroxylation sites is 1. The first kappa shape index (κ1) is 26.0. The van der Waals surface area contributed by atoms with E-state index in [-0.39, 0.29) is 17.4 Å². The van der Waals surface area contributed by atoms with Crippen LogP contribution in [0.4, 0.5) is 36.7 Å². The summed E-state index contributed by atoms with van der Waals surface area (Å²) in [6.07, 6.45) is -15.4. The lowest BCUT2D eigenvalue weighted by Gasteiger charge is -2.27. The molecule has 2 aromatic carbocycles. The number of benzene rings is 2. The van der Waals surface area contributed by atoms with Gasteiger partial charge in [0.05, 0.1) is 6.54 Å². The van der Waals surface area contributed by atoms with E-state index in [0.29, 0.717) is 5.75 Å². The van der Waals surface area contributed by atoms with E-state index in [9.17, 15) is 35.8 Å². The Balaban J connectivity index is 1.87. The molecule has 0 aliphatic rings. The molecule has 0 unspecified atom stereocenters. The predicted octanol–water partition coefficient (Wildman–Crippen LogP) is 5.44. The molecule has 1 atom stereocenters. The summed E-state index contributed by atoms with van der Waals surface area (Å²) in [6, 6.07) is 14.2. The van der Waals surface area contributed by atoms with Gasteiger partial charge in [-0.3, -0.25) is 0 Å². The van der Waals surface area contributed by atoms with Crippen LogP contribution >= 0.6 is 0 Å². The number of hydrogen-bond donors (Lipinski definition) is 1. The van der Waals surface area contributed by atoms with Gasteiger partial charge in [-0.2, -0.15) is 35.7 Å². The van der Waals surface area contributed by atoms with Crippen LogP contribution in [-0.4, -0.2) is 46.4 Å².